The molecule has 8 nitrogen and oxygen atoms in total. The van der Waals surface area contributed by atoms with Crippen molar-refractivity contribution < 1.29 is 30.6 Å². The molecule has 0 saturated heterocycles. The first-order valence-corrected chi connectivity index (χ1v) is 11.3. The zero-order valence-corrected chi connectivity index (χ0v) is 17.8. The highest BCUT2D eigenvalue weighted by atomic mass is 32.2. The van der Waals surface area contributed by atoms with E-state index in [0.29, 0.717) is 18.0 Å². The summed E-state index contributed by atoms with van der Waals surface area (Å²) in [6, 6.07) is 11.6. The van der Waals surface area contributed by atoms with Gasteiger partial charge in [0.2, 0.25) is 5.91 Å². The van der Waals surface area contributed by atoms with Crippen LogP contribution in [0, 0.1) is 5.92 Å². The molecular weight excluding hydrogens is 463 g/mol. The van der Waals surface area contributed by atoms with Crippen LogP contribution < -0.4 is 15.1 Å². The normalized spacial score (nSPS) is 14.3. The summed E-state index contributed by atoms with van der Waals surface area (Å²) < 4.78 is 65.9. The van der Waals surface area contributed by atoms with E-state index in [4.69, 9.17) is 0 Å². The summed E-state index contributed by atoms with van der Waals surface area (Å²) in [6.07, 6.45) is 2.05. The molecule has 33 heavy (non-hydrogen) atoms. The molecule has 174 valence electrons. The number of hydrogen-bond acceptors (Lipinski definition) is 6. The third kappa shape index (κ3) is 5.00. The van der Waals surface area contributed by atoms with E-state index in [2.05, 4.69) is 14.5 Å². The summed E-state index contributed by atoms with van der Waals surface area (Å²) in [5.74, 6) is -0.513. The number of carbonyl (C=O) groups excluding carboxylic acids is 1. The van der Waals surface area contributed by atoms with Crippen LogP contribution in [-0.2, 0) is 21.5 Å². The van der Waals surface area contributed by atoms with Crippen molar-refractivity contribution in [1.29, 1.82) is 0 Å². The van der Waals surface area contributed by atoms with E-state index in [0.717, 1.165) is 29.5 Å². The van der Waals surface area contributed by atoms with Gasteiger partial charge in [0.1, 0.15) is 18.1 Å². The smallest absolute Gasteiger partial charge is 0.376 e. The Morgan fingerprint density at radius 2 is 1.85 bits per heavy atom. The highest BCUT2D eigenvalue weighted by Gasteiger charge is 2.48. The third-order valence-corrected chi connectivity index (χ3v) is 6.01. The van der Waals surface area contributed by atoms with Gasteiger partial charge in [-0.15, -0.1) is 0 Å². The van der Waals surface area contributed by atoms with Gasteiger partial charge in [-0.05, 0) is 37.0 Å². The number of aromatic nitrogens is 2. The van der Waals surface area contributed by atoms with Gasteiger partial charge in [0.05, 0.1) is 10.9 Å². The number of alkyl halides is 3. The Morgan fingerprint density at radius 3 is 2.48 bits per heavy atom. The SMILES string of the molecule is O=C(Cn1c(-c2ccccc2)nc2ccc(OS(=O)(=O)C(F)(F)F)cc2c1=O)NCC1CC1. The number of fused-ring (bicyclic) bond motifs is 1. The van der Waals surface area contributed by atoms with E-state index in [1.54, 1.807) is 30.3 Å². The summed E-state index contributed by atoms with van der Waals surface area (Å²) in [4.78, 5) is 30.1. The Kier molecular flexibility index (Phi) is 5.87. The Labute approximate surface area is 186 Å². The molecule has 12 heteroatoms. The quantitative estimate of drug-likeness (QED) is 0.411. The van der Waals surface area contributed by atoms with Crippen LogP contribution in [0.5, 0.6) is 5.75 Å². The average Bonchev–Trinajstić information content (AvgIpc) is 3.58. The summed E-state index contributed by atoms with van der Waals surface area (Å²) in [5.41, 5.74) is -5.70. The molecule has 0 bridgehead atoms. The van der Waals surface area contributed by atoms with Crippen LogP contribution in [0.2, 0.25) is 0 Å². The standard InChI is InChI=1S/C21H18F3N3O5S/c22-21(23,24)33(30,31)32-15-8-9-17-16(10-15)20(29)27(12-18(28)25-11-13-6-7-13)19(26-17)14-4-2-1-3-5-14/h1-5,8-10,13H,6-7,11-12H2,(H,25,28). The maximum Gasteiger partial charge on any atom is 0.534 e. The molecule has 0 spiro atoms. The van der Waals surface area contributed by atoms with Crippen LogP contribution in [0.4, 0.5) is 13.2 Å². The van der Waals surface area contributed by atoms with E-state index in [1.165, 1.54) is 6.07 Å². The molecule has 1 saturated carbocycles. The molecular formula is C21H18F3N3O5S. The van der Waals surface area contributed by atoms with E-state index in [9.17, 15) is 31.2 Å². The van der Waals surface area contributed by atoms with Crippen LogP contribution in [0.25, 0.3) is 22.3 Å². The first kappa shape index (κ1) is 22.8. The zero-order chi connectivity index (χ0) is 23.8. The largest absolute Gasteiger partial charge is 0.534 e. The lowest BCUT2D eigenvalue weighted by molar-refractivity contribution is -0.121. The molecule has 1 aromatic heterocycles. The number of nitrogens with one attached hydrogen (secondary N) is 1. The zero-order valence-electron chi connectivity index (χ0n) is 17.0. The first-order valence-electron chi connectivity index (χ1n) is 9.92. The maximum absolute atomic E-state index is 13.2. The van der Waals surface area contributed by atoms with Gasteiger partial charge < -0.3 is 9.50 Å². The van der Waals surface area contributed by atoms with E-state index in [1.807, 2.05) is 0 Å². The highest BCUT2D eigenvalue weighted by molar-refractivity contribution is 7.88. The molecule has 1 amide bonds. The highest BCUT2D eigenvalue weighted by Crippen LogP contribution is 2.29. The lowest BCUT2D eigenvalue weighted by Crippen LogP contribution is -2.34. The van der Waals surface area contributed by atoms with Crippen molar-refractivity contribution >= 4 is 26.9 Å². The van der Waals surface area contributed by atoms with Crippen molar-refractivity contribution in [1.82, 2.24) is 14.9 Å². The molecule has 0 atom stereocenters. The second-order valence-electron chi connectivity index (χ2n) is 7.60. The Balaban J connectivity index is 1.78. The number of hydrogen-bond donors (Lipinski definition) is 1. The molecule has 1 heterocycles. The molecule has 4 rings (SSSR count). The average molecular weight is 481 g/mol. The molecule has 0 unspecified atom stereocenters. The number of nitrogens with zero attached hydrogens (tertiary/aromatic N) is 2. The van der Waals surface area contributed by atoms with Crippen LogP contribution in [0.1, 0.15) is 12.8 Å². The minimum absolute atomic E-state index is 0.102. The number of benzene rings is 2. The Morgan fingerprint density at radius 1 is 1.15 bits per heavy atom. The maximum atomic E-state index is 13.2. The molecule has 3 aromatic rings. The van der Waals surface area contributed by atoms with E-state index < -0.39 is 32.8 Å². The second kappa shape index (κ2) is 8.50. The molecule has 2 aromatic carbocycles. The van der Waals surface area contributed by atoms with Crippen molar-refractivity contribution in [3.05, 3.63) is 58.9 Å². The van der Waals surface area contributed by atoms with Crippen LogP contribution in [-0.4, -0.2) is 35.9 Å². The minimum atomic E-state index is -5.92. The summed E-state index contributed by atoms with van der Waals surface area (Å²) in [5, 5.41) is 2.56. The van der Waals surface area contributed by atoms with Crippen LogP contribution in [0.15, 0.2) is 53.3 Å². The van der Waals surface area contributed by atoms with Crippen molar-refractivity contribution in [3.63, 3.8) is 0 Å². The molecule has 0 radical (unpaired) electrons. The topological polar surface area (TPSA) is 107 Å². The van der Waals surface area contributed by atoms with Gasteiger partial charge in [-0.3, -0.25) is 14.2 Å². The van der Waals surface area contributed by atoms with Crippen molar-refractivity contribution in [2.75, 3.05) is 6.54 Å². The van der Waals surface area contributed by atoms with E-state index >= 15 is 0 Å². The fourth-order valence-electron chi connectivity index (χ4n) is 3.16. The molecule has 1 N–H and O–H groups in total. The second-order valence-corrected chi connectivity index (χ2v) is 9.14. The molecule has 1 fully saturated rings. The predicted octanol–water partition coefficient (Wildman–Crippen LogP) is 2.82. The van der Waals surface area contributed by atoms with Gasteiger partial charge in [0, 0.05) is 12.1 Å². The number of amides is 1. The van der Waals surface area contributed by atoms with Crippen LogP contribution in [0.3, 0.4) is 0 Å². The van der Waals surface area contributed by atoms with Gasteiger partial charge in [-0.2, -0.15) is 21.6 Å². The van der Waals surface area contributed by atoms with Gasteiger partial charge in [0.15, 0.2) is 0 Å². The van der Waals surface area contributed by atoms with Gasteiger partial charge in [-0.1, -0.05) is 30.3 Å². The van der Waals surface area contributed by atoms with Crippen molar-refractivity contribution in [2.24, 2.45) is 5.92 Å². The lowest BCUT2D eigenvalue weighted by Gasteiger charge is -2.15. The lowest BCUT2D eigenvalue weighted by atomic mass is 10.1. The fraction of sp³-hybridized carbons (Fsp3) is 0.286. The van der Waals surface area contributed by atoms with Crippen molar-refractivity contribution in [2.45, 2.75) is 24.9 Å². The number of halogens is 3. The number of rotatable bonds is 7. The van der Waals surface area contributed by atoms with Gasteiger partial charge in [0.25, 0.3) is 5.56 Å². The summed E-state index contributed by atoms with van der Waals surface area (Å²) in [6.45, 7) is 0.118. The Bertz CT molecular complexity index is 1370. The van der Waals surface area contributed by atoms with Crippen LogP contribution >= 0.6 is 0 Å². The predicted molar refractivity (Wildman–Crippen MR) is 113 cm³/mol. The molecule has 1 aliphatic rings. The minimum Gasteiger partial charge on any atom is -0.376 e. The molecule has 1 aliphatic carbocycles. The summed E-state index contributed by atoms with van der Waals surface area (Å²) >= 11 is 0. The fourth-order valence-corrected chi connectivity index (χ4v) is 3.61. The van der Waals surface area contributed by atoms with E-state index in [-0.39, 0.29) is 23.3 Å². The van der Waals surface area contributed by atoms with Gasteiger partial charge in [-0.25, -0.2) is 4.98 Å². The molecule has 0 aliphatic heterocycles. The Hall–Kier alpha value is -3.41. The first-order chi connectivity index (χ1) is 15.5. The van der Waals surface area contributed by atoms with Crippen molar-refractivity contribution in [3.8, 4) is 17.1 Å². The summed E-state index contributed by atoms with van der Waals surface area (Å²) in [7, 11) is -5.92. The third-order valence-electron chi connectivity index (χ3n) is 5.03. The monoisotopic (exact) mass is 481 g/mol. The number of carbonyl (C=O) groups is 1. The van der Waals surface area contributed by atoms with Gasteiger partial charge >= 0.3 is 15.6 Å².